The highest BCUT2D eigenvalue weighted by atomic mass is 32.2. The Balaban J connectivity index is 1.47. The van der Waals surface area contributed by atoms with E-state index in [4.69, 9.17) is 15.2 Å². The van der Waals surface area contributed by atoms with Crippen molar-refractivity contribution in [2.24, 2.45) is 5.73 Å². The number of nitrogens with zero attached hydrogens (tertiary/aromatic N) is 3. The van der Waals surface area contributed by atoms with Crippen molar-refractivity contribution in [1.29, 1.82) is 0 Å². The van der Waals surface area contributed by atoms with Crippen molar-refractivity contribution in [3.05, 3.63) is 72.3 Å². The number of anilines is 2. The Morgan fingerprint density at radius 3 is 2.54 bits per heavy atom. The van der Waals surface area contributed by atoms with Crippen LogP contribution in [0.3, 0.4) is 0 Å². The fourth-order valence-corrected chi connectivity index (χ4v) is 6.05. The molecule has 1 aliphatic heterocycles. The topological polar surface area (TPSA) is 137 Å². The van der Waals surface area contributed by atoms with Gasteiger partial charge in [-0.1, -0.05) is 36.4 Å². The molecule has 0 radical (unpaired) electrons. The van der Waals surface area contributed by atoms with Crippen LogP contribution in [0.1, 0.15) is 18.4 Å². The van der Waals surface area contributed by atoms with Crippen molar-refractivity contribution in [2.75, 3.05) is 25.6 Å². The number of fused-ring (bicyclic) bond motifs is 1. The minimum absolute atomic E-state index is 0.197. The van der Waals surface area contributed by atoms with Gasteiger partial charge in [-0.3, -0.25) is 4.79 Å². The van der Waals surface area contributed by atoms with Crippen LogP contribution < -0.4 is 15.8 Å². The SMILES string of the molecule is Cc1ccc(-c2nnc(Nc3ccc(OCC(N)=O)cc3)c3ccccc23)cc1S(=O)(=O)N(C)C1CCCO1. The van der Waals surface area contributed by atoms with Gasteiger partial charge in [0.05, 0.1) is 4.90 Å². The molecule has 0 bridgehead atoms. The van der Waals surface area contributed by atoms with Crippen molar-refractivity contribution < 1.29 is 22.7 Å². The molecule has 1 aliphatic rings. The molecular weight excluding hydrogens is 518 g/mol. The number of hydrogen-bond acceptors (Lipinski definition) is 8. The number of amides is 1. The van der Waals surface area contributed by atoms with E-state index in [1.165, 1.54) is 4.31 Å². The first kappa shape index (κ1) is 26.5. The molecule has 202 valence electrons. The molecule has 3 N–H and O–H groups in total. The van der Waals surface area contributed by atoms with E-state index in [1.54, 1.807) is 50.4 Å². The highest BCUT2D eigenvalue weighted by Gasteiger charge is 2.32. The van der Waals surface area contributed by atoms with Crippen LogP contribution in [0.5, 0.6) is 5.75 Å². The highest BCUT2D eigenvalue weighted by molar-refractivity contribution is 7.89. The average molecular weight is 548 g/mol. The van der Waals surface area contributed by atoms with E-state index < -0.39 is 22.2 Å². The van der Waals surface area contributed by atoms with Gasteiger partial charge in [0.2, 0.25) is 10.0 Å². The Morgan fingerprint density at radius 2 is 1.85 bits per heavy atom. The summed E-state index contributed by atoms with van der Waals surface area (Å²) in [6, 6.07) is 20.0. The van der Waals surface area contributed by atoms with E-state index in [-0.39, 0.29) is 11.5 Å². The first-order valence-corrected chi connectivity index (χ1v) is 13.9. The molecule has 2 heterocycles. The van der Waals surface area contributed by atoms with Crippen molar-refractivity contribution in [3.8, 4) is 17.0 Å². The largest absolute Gasteiger partial charge is 0.484 e. The number of aromatic nitrogens is 2. The third-order valence-electron chi connectivity index (χ3n) is 6.62. The van der Waals surface area contributed by atoms with Gasteiger partial charge in [0.25, 0.3) is 5.91 Å². The van der Waals surface area contributed by atoms with Crippen molar-refractivity contribution >= 4 is 38.2 Å². The smallest absolute Gasteiger partial charge is 0.255 e. The number of nitrogens with two attached hydrogens (primary N) is 1. The summed E-state index contributed by atoms with van der Waals surface area (Å²) in [6.07, 6.45) is 1.04. The molecule has 0 saturated carbocycles. The molecule has 1 saturated heterocycles. The molecule has 0 aliphatic carbocycles. The van der Waals surface area contributed by atoms with Crippen LogP contribution in [0.2, 0.25) is 0 Å². The molecule has 5 rings (SSSR count). The molecule has 1 atom stereocenters. The van der Waals surface area contributed by atoms with Gasteiger partial charge in [0.15, 0.2) is 12.4 Å². The summed E-state index contributed by atoms with van der Waals surface area (Å²) in [4.78, 5) is 11.1. The van der Waals surface area contributed by atoms with Crippen molar-refractivity contribution in [2.45, 2.75) is 30.9 Å². The number of aryl methyl sites for hydroxylation is 1. The summed E-state index contributed by atoms with van der Waals surface area (Å²) in [5.41, 5.74) is 7.73. The molecule has 0 spiro atoms. The second-order valence-corrected chi connectivity index (χ2v) is 11.3. The summed E-state index contributed by atoms with van der Waals surface area (Å²) in [7, 11) is -2.23. The maximum Gasteiger partial charge on any atom is 0.255 e. The number of primary amides is 1. The number of sulfonamides is 1. The maximum atomic E-state index is 13.5. The van der Waals surface area contributed by atoms with E-state index >= 15 is 0 Å². The Kier molecular flexibility index (Phi) is 7.47. The molecule has 1 aromatic heterocycles. The zero-order valence-electron chi connectivity index (χ0n) is 21.6. The lowest BCUT2D eigenvalue weighted by Gasteiger charge is -2.24. The van der Waals surface area contributed by atoms with Crippen molar-refractivity contribution in [3.63, 3.8) is 0 Å². The molecule has 11 heteroatoms. The van der Waals surface area contributed by atoms with E-state index in [0.717, 1.165) is 22.9 Å². The highest BCUT2D eigenvalue weighted by Crippen LogP contribution is 2.34. The minimum atomic E-state index is -3.79. The average Bonchev–Trinajstić information content (AvgIpc) is 3.48. The summed E-state index contributed by atoms with van der Waals surface area (Å²) in [5.74, 6) is 0.506. The molecule has 4 aromatic rings. The predicted molar refractivity (Wildman–Crippen MR) is 148 cm³/mol. The fraction of sp³-hybridized carbons (Fsp3) is 0.250. The van der Waals surface area contributed by atoms with Crippen LogP contribution in [-0.4, -0.2) is 55.3 Å². The van der Waals surface area contributed by atoms with Crippen molar-refractivity contribution in [1.82, 2.24) is 14.5 Å². The lowest BCUT2D eigenvalue weighted by Crippen LogP contribution is -2.36. The molecular formula is C28H29N5O5S. The van der Waals surface area contributed by atoms with E-state index in [9.17, 15) is 13.2 Å². The number of ether oxygens (including phenoxy) is 2. The van der Waals surface area contributed by atoms with Crippen LogP contribution in [-0.2, 0) is 19.6 Å². The first-order chi connectivity index (χ1) is 18.7. The van der Waals surface area contributed by atoms with Crippen LogP contribution in [0.4, 0.5) is 11.5 Å². The number of carbonyl (C=O) groups excluding carboxylic acids is 1. The monoisotopic (exact) mass is 547 g/mol. The third kappa shape index (κ3) is 5.56. The summed E-state index contributed by atoms with van der Waals surface area (Å²) < 4.78 is 39.3. The van der Waals surface area contributed by atoms with Gasteiger partial charge in [-0.2, -0.15) is 4.31 Å². The van der Waals surface area contributed by atoms with Gasteiger partial charge >= 0.3 is 0 Å². The standard InChI is InChI=1S/C28H29N5O5S/c1-18-9-10-19(16-24(18)39(35,36)33(2)26-8-5-15-37-26)27-22-6-3-4-7-23(22)28(32-31-27)30-20-11-13-21(14-12-20)38-17-25(29)34/h3-4,6-7,9-14,16,26H,5,8,15,17H2,1-2H3,(H2,29,34)(H,30,32). The van der Waals surface area contributed by atoms with Gasteiger partial charge in [-0.05, 0) is 55.7 Å². The van der Waals surface area contributed by atoms with Gasteiger partial charge in [-0.25, -0.2) is 8.42 Å². The molecule has 1 amide bonds. The number of carbonyl (C=O) groups is 1. The summed E-state index contributed by atoms with van der Waals surface area (Å²) >= 11 is 0. The molecule has 10 nitrogen and oxygen atoms in total. The Bertz CT molecular complexity index is 1620. The van der Waals surface area contributed by atoms with Crippen LogP contribution in [0.25, 0.3) is 22.0 Å². The van der Waals surface area contributed by atoms with E-state index in [1.807, 2.05) is 30.3 Å². The molecule has 1 fully saturated rings. The zero-order chi connectivity index (χ0) is 27.6. The number of rotatable bonds is 9. The first-order valence-electron chi connectivity index (χ1n) is 12.5. The van der Waals surface area contributed by atoms with Gasteiger partial charge in [-0.15, -0.1) is 10.2 Å². The quantitative estimate of drug-likeness (QED) is 0.321. The van der Waals surface area contributed by atoms with Crippen LogP contribution in [0, 0.1) is 6.92 Å². The van der Waals surface area contributed by atoms with E-state index in [2.05, 4.69) is 15.5 Å². The Morgan fingerprint density at radius 1 is 1.10 bits per heavy atom. The van der Waals surface area contributed by atoms with Crippen LogP contribution >= 0.6 is 0 Å². The van der Waals surface area contributed by atoms with Gasteiger partial charge in [0, 0.05) is 35.7 Å². The number of benzene rings is 3. The number of nitrogens with one attached hydrogen (secondary N) is 1. The third-order valence-corrected chi connectivity index (χ3v) is 8.60. The zero-order valence-corrected chi connectivity index (χ0v) is 22.4. The maximum absolute atomic E-state index is 13.5. The summed E-state index contributed by atoms with van der Waals surface area (Å²) in [5, 5.41) is 13.8. The number of hydrogen-bond donors (Lipinski definition) is 2. The van der Waals surface area contributed by atoms with Gasteiger partial charge < -0.3 is 20.5 Å². The Hall–Kier alpha value is -4.06. The fourth-order valence-electron chi connectivity index (χ4n) is 4.52. The normalized spacial score (nSPS) is 15.5. The van der Waals surface area contributed by atoms with Crippen LogP contribution in [0.15, 0.2) is 71.6 Å². The molecule has 1 unspecified atom stereocenters. The summed E-state index contributed by atoms with van der Waals surface area (Å²) in [6.45, 7) is 2.14. The lowest BCUT2D eigenvalue weighted by atomic mass is 10.0. The predicted octanol–water partition coefficient (Wildman–Crippen LogP) is 3.97. The molecule has 39 heavy (non-hydrogen) atoms. The van der Waals surface area contributed by atoms with Gasteiger partial charge in [0.1, 0.15) is 17.7 Å². The molecule has 3 aromatic carbocycles. The minimum Gasteiger partial charge on any atom is -0.484 e. The second-order valence-electron chi connectivity index (χ2n) is 9.32. The lowest BCUT2D eigenvalue weighted by molar-refractivity contribution is -0.119. The van der Waals surface area contributed by atoms with E-state index in [0.29, 0.717) is 41.4 Å². The Labute approximate surface area is 226 Å². The second kappa shape index (κ2) is 11.0.